The summed E-state index contributed by atoms with van der Waals surface area (Å²) in [5, 5.41) is 7.11. The minimum absolute atomic E-state index is 0.0427. The molecule has 0 N–H and O–H groups in total. The van der Waals surface area contributed by atoms with Crippen molar-refractivity contribution in [3.05, 3.63) is 29.5 Å². The summed E-state index contributed by atoms with van der Waals surface area (Å²) in [7, 11) is 0. The van der Waals surface area contributed by atoms with Crippen LogP contribution in [0.5, 0.6) is 0 Å². The molecule has 2 aromatic rings. The van der Waals surface area contributed by atoms with E-state index in [1.54, 1.807) is 11.8 Å². The molecule has 112 valence electrons. The van der Waals surface area contributed by atoms with Crippen LogP contribution in [-0.4, -0.2) is 45.2 Å². The number of hydrogen-bond donors (Lipinski definition) is 0. The lowest BCUT2D eigenvalue weighted by Gasteiger charge is -2.38. The van der Waals surface area contributed by atoms with E-state index in [-0.39, 0.29) is 5.91 Å². The summed E-state index contributed by atoms with van der Waals surface area (Å²) >= 11 is 1.54. The average Bonchev–Trinajstić information content (AvgIpc) is 3.05. The maximum Gasteiger partial charge on any atom is 0.225 e. The van der Waals surface area contributed by atoms with Gasteiger partial charge in [0.25, 0.3) is 0 Å². The molecular weight excluding hydrogens is 286 g/mol. The molecular formula is C14H19N5OS. The summed E-state index contributed by atoms with van der Waals surface area (Å²) in [5.41, 5.74) is 1.04. The zero-order chi connectivity index (χ0) is 14.8. The van der Waals surface area contributed by atoms with Gasteiger partial charge in [-0.25, -0.2) is 4.98 Å². The van der Waals surface area contributed by atoms with Gasteiger partial charge in [-0.3, -0.25) is 19.3 Å². The van der Waals surface area contributed by atoms with Crippen LogP contribution in [0.4, 0.5) is 5.13 Å². The first-order valence-corrected chi connectivity index (χ1v) is 7.99. The van der Waals surface area contributed by atoms with Gasteiger partial charge in [-0.15, -0.1) is 11.3 Å². The van der Waals surface area contributed by atoms with E-state index < -0.39 is 0 Å². The summed E-state index contributed by atoms with van der Waals surface area (Å²) in [4.78, 5) is 20.1. The van der Waals surface area contributed by atoms with Gasteiger partial charge >= 0.3 is 0 Å². The van der Waals surface area contributed by atoms with E-state index in [4.69, 9.17) is 0 Å². The average molecular weight is 305 g/mol. The van der Waals surface area contributed by atoms with Crippen LogP contribution in [-0.2, 0) is 11.3 Å². The number of amides is 1. The van der Waals surface area contributed by atoms with Crippen molar-refractivity contribution in [1.82, 2.24) is 19.7 Å². The van der Waals surface area contributed by atoms with Crippen molar-refractivity contribution in [1.29, 1.82) is 0 Å². The van der Waals surface area contributed by atoms with Crippen molar-refractivity contribution >= 4 is 22.4 Å². The molecule has 0 spiro atoms. The van der Waals surface area contributed by atoms with Gasteiger partial charge < -0.3 is 0 Å². The first-order chi connectivity index (χ1) is 10.2. The van der Waals surface area contributed by atoms with Crippen molar-refractivity contribution < 1.29 is 4.79 Å². The summed E-state index contributed by atoms with van der Waals surface area (Å²) in [6.45, 7) is 7.04. The molecule has 0 aliphatic carbocycles. The number of anilines is 1. The topological polar surface area (TPSA) is 54.3 Å². The third-order valence-corrected chi connectivity index (χ3v) is 4.60. The van der Waals surface area contributed by atoms with Crippen LogP contribution < -0.4 is 4.90 Å². The predicted molar refractivity (Wildman–Crippen MR) is 82.4 cm³/mol. The fraction of sp³-hybridized carbons (Fsp3) is 0.500. The Morgan fingerprint density at radius 3 is 2.95 bits per heavy atom. The Morgan fingerprint density at radius 1 is 1.52 bits per heavy atom. The minimum atomic E-state index is 0.0427. The molecule has 1 aliphatic heterocycles. The molecule has 0 unspecified atom stereocenters. The van der Waals surface area contributed by atoms with E-state index in [1.165, 1.54) is 11.3 Å². The lowest BCUT2D eigenvalue weighted by Crippen LogP contribution is -2.47. The first kappa shape index (κ1) is 14.2. The van der Waals surface area contributed by atoms with Crippen LogP contribution in [0.3, 0.4) is 0 Å². The highest BCUT2D eigenvalue weighted by Crippen LogP contribution is 2.25. The third-order valence-electron chi connectivity index (χ3n) is 3.69. The smallest absolute Gasteiger partial charge is 0.225 e. The largest absolute Gasteiger partial charge is 0.293 e. The zero-order valence-corrected chi connectivity index (χ0v) is 13.1. The Morgan fingerprint density at radius 2 is 2.33 bits per heavy atom. The number of aromatic nitrogens is 3. The maximum atomic E-state index is 11.5. The summed E-state index contributed by atoms with van der Waals surface area (Å²) in [6.07, 6.45) is 3.82. The fourth-order valence-corrected chi connectivity index (χ4v) is 3.47. The Balaban J connectivity index is 1.55. The number of nitrogens with zero attached hydrogens (tertiary/aromatic N) is 5. The monoisotopic (exact) mass is 305 g/mol. The van der Waals surface area contributed by atoms with E-state index in [1.807, 2.05) is 35.4 Å². The predicted octanol–water partition coefficient (Wildman–Crippen LogP) is 1.77. The summed E-state index contributed by atoms with van der Waals surface area (Å²) in [5.74, 6) is 0.0427. The van der Waals surface area contributed by atoms with Gasteiger partial charge in [-0.2, -0.15) is 5.10 Å². The van der Waals surface area contributed by atoms with Gasteiger partial charge in [0, 0.05) is 50.9 Å². The van der Waals surface area contributed by atoms with Crippen molar-refractivity contribution in [3.8, 4) is 0 Å². The Hall–Kier alpha value is -1.73. The van der Waals surface area contributed by atoms with Crippen molar-refractivity contribution in [2.45, 2.75) is 26.4 Å². The van der Waals surface area contributed by atoms with Crippen LogP contribution in [0.25, 0.3) is 0 Å². The molecule has 3 rings (SSSR count). The lowest BCUT2D eigenvalue weighted by molar-refractivity contribution is -0.116. The number of rotatable bonds is 5. The van der Waals surface area contributed by atoms with Gasteiger partial charge in [0.1, 0.15) is 0 Å². The van der Waals surface area contributed by atoms with Gasteiger partial charge in [0.15, 0.2) is 5.13 Å². The summed E-state index contributed by atoms with van der Waals surface area (Å²) < 4.78 is 2.01. The molecule has 0 saturated carbocycles. The Kier molecular flexibility index (Phi) is 4.03. The van der Waals surface area contributed by atoms with Crippen LogP contribution in [0.1, 0.15) is 25.6 Å². The molecule has 1 aliphatic rings. The molecule has 1 saturated heterocycles. The number of likely N-dealkylation sites (tertiary alicyclic amines) is 1. The highest BCUT2D eigenvalue weighted by molar-refractivity contribution is 7.14. The van der Waals surface area contributed by atoms with Gasteiger partial charge in [0.2, 0.25) is 5.91 Å². The molecule has 6 nitrogen and oxygen atoms in total. The highest BCUT2D eigenvalue weighted by Gasteiger charge is 2.28. The van der Waals surface area contributed by atoms with E-state index in [2.05, 4.69) is 15.0 Å². The maximum absolute atomic E-state index is 11.5. The van der Waals surface area contributed by atoms with Crippen molar-refractivity contribution in [2.24, 2.45) is 0 Å². The Bertz CT molecular complexity index is 603. The second kappa shape index (κ2) is 5.95. The molecule has 0 atom stereocenters. The molecule has 0 radical (unpaired) electrons. The minimum Gasteiger partial charge on any atom is -0.293 e. The standard InChI is InChI=1S/C14H19N5OS/c1-3-18(11(2)20)14-16-12(10-21-14)7-17-8-13(9-17)19-6-4-5-15-19/h4-6,10,13H,3,7-9H2,1-2H3. The van der Waals surface area contributed by atoms with Crippen molar-refractivity contribution in [2.75, 3.05) is 24.5 Å². The molecule has 21 heavy (non-hydrogen) atoms. The van der Waals surface area contributed by atoms with Crippen LogP contribution in [0.2, 0.25) is 0 Å². The highest BCUT2D eigenvalue weighted by atomic mass is 32.1. The first-order valence-electron chi connectivity index (χ1n) is 7.11. The van der Waals surface area contributed by atoms with E-state index in [0.29, 0.717) is 12.6 Å². The van der Waals surface area contributed by atoms with E-state index in [9.17, 15) is 4.79 Å². The van der Waals surface area contributed by atoms with Gasteiger partial charge in [0.05, 0.1) is 11.7 Å². The molecule has 3 heterocycles. The fourth-order valence-electron chi connectivity index (χ4n) is 2.55. The number of hydrogen-bond acceptors (Lipinski definition) is 5. The number of thiazole rings is 1. The van der Waals surface area contributed by atoms with Crippen LogP contribution in [0, 0.1) is 0 Å². The molecule has 0 aromatic carbocycles. The van der Waals surface area contributed by atoms with Crippen molar-refractivity contribution in [3.63, 3.8) is 0 Å². The normalized spacial score (nSPS) is 15.9. The molecule has 7 heteroatoms. The van der Waals surface area contributed by atoms with Gasteiger partial charge in [-0.05, 0) is 13.0 Å². The molecule has 1 fully saturated rings. The second-order valence-electron chi connectivity index (χ2n) is 5.22. The van der Waals surface area contributed by atoms with Crippen LogP contribution in [0.15, 0.2) is 23.8 Å². The second-order valence-corrected chi connectivity index (χ2v) is 6.06. The van der Waals surface area contributed by atoms with E-state index in [0.717, 1.165) is 30.5 Å². The SMILES string of the molecule is CCN(C(C)=O)c1nc(CN2CC(n3cccn3)C2)cs1. The van der Waals surface area contributed by atoms with Crippen LogP contribution >= 0.6 is 11.3 Å². The van der Waals surface area contributed by atoms with E-state index >= 15 is 0 Å². The Labute approximate surface area is 128 Å². The van der Waals surface area contributed by atoms with Gasteiger partial charge in [-0.1, -0.05) is 0 Å². The lowest BCUT2D eigenvalue weighted by atomic mass is 10.1. The number of carbonyl (C=O) groups is 1. The molecule has 1 amide bonds. The zero-order valence-electron chi connectivity index (χ0n) is 12.3. The number of carbonyl (C=O) groups excluding carboxylic acids is 1. The summed E-state index contributed by atoms with van der Waals surface area (Å²) in [6, 6.07) is 2.43. The quantitative estimate of drug-likeness (QED) is 0.845. The third kappa shape index (κ3) is 2.98. The molecule has 2 aromatic heterocycles. The molecule has 0 bridgehead atoms.